The first-order chi connectivity index (χ1) is 9.74. The number of aromatic amines is 1. The van der Waals surface area contributed by atoms with Gasteiger partial charge in [0.1, 0.15) is 11.6 Å². The molecular formula is C14H13BrN4O. The number of nitrogens with zero attached hydrogens (tertiary/aromatic N) is 2. The van der Waals surface area contributed by atoms with Crippen LogP contribution < -0.4 is 5.32 Å². The van der Waals surface area contributed by atoms with Crippen LogP contribution in [-0.4, -0.2) is 15.2 Å². The fraction of sp³-hybridized carbons (Fsp3) is 0.143. The van der Waals surface area contributed by atoms with Gasteiger partial charge in [0, 0.05) is 11.3 Å². The number of rotatable bonds is 4. The van der Waals surface area contributed by atoms with Crippen LogP contribution in [0, 0.1) is 6.92 Å². The molecule has 0 aliphatic carbocycles. The normalized spacial score (nSPS) is 10.7. The molecule has 3 aromatic rings. The lowest BCUT2D eigenvalue weighted by Gasteiger charge is -2.08. The summed E-state index contributed by atoms with van der Waals surface area (Å²) < 4.78 is 6.34. The minimum atomic E-state index is 0.591. The van der Waals surface area contributed by atoms with Gasteiger partial charge in [0.15, 0.2) is 5.82 Å². The zero-order chi connectivity index (χ0) is 13.9. The third kappa shape index (κ3) is 2.60. The minimum absolute atomic E-state index is 0.591. The Balaban J connectivity index is 1.85. The lowest BCUT2D eigenvalue weighted by molar-refractivity contribution is 0.516. The Hall–Kier alpha value is -2.08. The van der Waals surface area contributed by atoms with E-state index in [-0.39, 0.29) is 0 Å². The van der Waals surface area contributed by atoms with E-state index in [1.807, 2.05) is 37.3 Å². The molecule has 5 nitrogen and oxygen atoms in total. The van der Waals surface area contributed by atoms with Crippen molar-refractivity contribution in [3.63, 3.8) is 0 Å². The fourth-order valence-electron chi connectivity index (χ4n) is 1.92. The van der Waals surface area contributed by atoms with Crippen molar-refractivity contribution in [3.05, 3.63) is 52.7 Å². The van der Waals surface area contributed by atoms with E-state index in [9.17, 15) is 0 Å². The fourth-order valence-corrected chi connectivity index (χ4v) is 2.26. The first-order valence-corrected chi connectivity index (χ1v) is 6.97. The first kappa shape index (κ1) is 12.9. The number of aromatic nitrogens is 3. The topological polar surface area (TPSA) is 66.7 Å². The maximum atomic E-state index is 5.39. The van der Waals surface area contributed by atoms with E-state index in [1.165, 1.54) is 0 Å². The van der Waals surface area contributed by atoms with Crippen LogP contribution in [0.5, 0.6) is 0 Å². The highest BCUT2D eigenvalue weighted by atomic mass is 79.9. The van der Waals surface area contributed by atoms with Gasteiger partial charge in [0.05, 0.1) is 17.3 Å². The second-order valence-corrected chi connectivity index (χ2v) is 5.19. The highest BCUT2D eigenvalue weighted by Gasteiger charge is 2.10. The van der Waals surface area contributed by atoms with E-state index in [4.69, 9.17) is 4.42 Å². The van der Waals surface area contributed by atoms with Crippen molar-refractivity contribution in [2.75, 3.05) is 5.32 Å². The highest BCUT2D eigenvalue weighted by molar-refractivity contribution is 9.10. The molecule has 3 rings (SSSR count). The molecule has 0 saturated heterocycles. The van der Waals surface area contributed by atoms with Gasteiger partial charge < -0.3 is 9.73 Å². The summed E-state index contributed by atoms with van der Waals surface area (Å²) in [6, 6.07) is 9.80. The molecule has 102 valence electrons. The summed E-state index contributed by atoms with van der Waals surface area (Å²) in [5.41, 5.74) is 1.93. The highest BCUT2D eigenvalue weighted by Crippen LogP contribution is 2.26. The standard InChI is InChI=1S/C14H13BrN4O/c1-9-17-14(19-18-9)10-4-2-3-5-12(10)16-8-13-11(15)6-7-20-13/h2-7,16H,8H2,1H3,(H,17,18,19). The summed E-state index contributed by atoms with van der Waals surface area (Å²) in [6.07, 6.45) is 1.66. The molecule has 20 heavy (non-hydrogen) atoms. The van der Waals surface area contributed by atoms with Gasteiger partial charge in [-0.3, -0.25) is 5.10 Å². The number of hydrogen-bond acceptors (Lipinski definition) is 4. The maximum Gasteiger partial charge on any atom is 0.183 e. The second kappa shape index (κ2) is 5.50. The van der Waals surface area contributed by atoms with Crippen LogP contribution >= 0.6 is 15.9 Å². The van der Waals surface area contributed by atoms with Crippen molar-refractivity contribution in [1.82, 2.24) is 15.2 Å². The van der Waals surface area contributed by atoms with Crippen LogP contribution in [-0.2, 0) is 6.54 Å². The third-order valence-corrected chi connectivity index (χ3v) is 3.60. The van der Waals surface area contributed by atoms with Crippen LogP contribution in [0.25, 0.3) is 11.4 Å². The van der Waals surface area contributed by atoms with Crippen molar-refractivity contribution in [2.45, 2.75) is 13.5 Å². The molecular weight excluding hydrogens is 320 g/mol. The Morgan fingerprint density at radius 3 is 2.85 bits per heavy atom. The Kier molecular flexibility index (Phi) is 3.56. The molecule has 2 N–H and O–H groups in total. The maximum absolute atomic E-state index is 5.39. The number of anilines is 1. The molecule has 0 saturated carbocycles. The van der Waals surface area contributed by atoms with E-state index < -0.39 is 0 Å². The Morgan fingerprint density at radius 2 is 2.15 bits per heavy atom. The van der Waals surface area contributed by atoms with Crippen LogP contribution in [0.1, 0.15) is 11.6 Å². The lowest BCUT2D eigenvalue weighted by Crippen LogP contribution is -2.00. The molecule has 0 bridgehead atoms. The summed E-state index contributed by atoms with van der Waals surface area (Å²) in [4.78, 5) is 4.36. The smallest absolute Gasteiger partial charge is 0.183 e. The molecule has 0 atom stereocenters. The van der Waals surface area contributed by atoms with Gasteiger partial charge in [0.2, 0.25) is 0 Å². The molecule has 0 aliphatic rings. The predicted octanol–water partition coefficient (Wildman–Crippen LogP) is 3.75. The number of nitrogens with one attached hydrogen (secondary N) is 2. The lowest BCUT2D eigenvalue weighted by atomic mass is 10.1. The van der Waals surface area contributed by atoms with E-state index in [2.05, 4.69) is 36.4 Å². The molecule has 0 radical (unpaired) electrons. The van der Waals surface area contributed by atoms with Gasteiger partial charge in [-0.25, -0.2) is 4.98 Å². The number of para-hydroxylation sites is 1. The summed E-state index contributed by atoms with van der Waals surface area (Å²) in [7, 11) is 0. The van der Waals surface area contributed by atoms with Crippen LogP contribution in [0.3, 0.4) is 0 Å². The molecule has 1 aromatic carbocycles. The minimum Gasteiger partial charge on any atom is -0.466 e. The van der Waals surface area contributed by atoms with Crippen molar-refractivity contribution >= 4 is 21.6 Å². The van der Waals surface area contributed by atoms with E-state index >= 15 is 0 Å². The summed E-state index contributed by atoms with van der Waals surface area (Å²) in [5, 5.41) is 10.4. The molecule has 6 heteroatoms. The van der Waals surface area contributed by atoms with Crippen LogP contribution in [0.4, 0.5) is 5.69 Å². The zero-order valence-corrected chi connectivity index (χ0v) is 12.4. The quantitative estimate of drug-likeness (QED) is 0.763. The average Bonchev–Trinajstić information content (AvgIpc) is 3.06. The third-order valence-electron chi connectivity index (χ3n) is 2.90. The zero-order valence-electron chi connectivity index (χ0n) is 10.9. The molecule has 2 heterocycles. The number of hydrogen-bond donors (Lipinski definition) is 2. The van der Waals surface area contributed by atoms with Gasteiger partial charge in [-0.05, 0) is 41.1 Å². The number of H-pyrrole nitrogens is 1. The van der Waals surface area contributed by atoms with Crippen molar-refractivity contribution in [1.29, 1.82) is 0 Å². The molecule has 0 spiro atoms. The van der Waals surface area contributed by atoms with Gasteiger partial charge >= 0.3 is 0 Å². The largest absolute Gasteiger partial charge is 0.466 e. The van der Waals surface area contributed by atoms with Gasteiger partial charge in [0.25, 0.3) is 0 Å². The summed E-state index contributed by atoms with van der Waals surface area (Å²) in [5.74, 6) is 2.33. The SMILES string of the molecule is Cc1nc(-c2ccccc2NCc2occc2Br)n[nH]1. The Labute approximate surface area is 124 Å². The first-order valence-electron chi connectivity index (χ1n) is 6.18. The molecule has 0 fully saturated rings. The predicted molar refractivity (Wildman–Crippen MR) is 80.3 cm³/mol. The van der Waals surface area contributed by atoms with Gasteiger partial charge in [-0.1, -0.05) is 12.1 Å². The van der Waals surface area contributed by atoms with Crippen LogP contribution in [0.15, 0.2) is 45.5 Å². The molecule has 0 unspecified atom stereocenters. The monoisotopic (exact) mass is 332 g/mol. The van der Waals surface area contributed by atoms with Crippen molar-refractivity contribution in [3.8, 4) is 11.4 Å². The van der Waals surface area contributed by atoms with E-state index in [0.29, 0.717) is 12.4 Å². The van der Waals surface area contributed by atoms with Crippen molar-refractivity contribution < 1.29 is 4.42 Å². The van der Waals surface area contributed by atoms with Crippen molar-refractivity contribution in [2.24, 2.45) is 0 Å². The average molecular weight is 333 g/mol. The Bertz CT molecular complexity index is 719. The number of furan rings is 1. The second-order valence-electron chi connectivity index (χ2n) is 4.34. The Morgan fingerprint density at radius 1 is 1.30 bits per heavy atom. The van der Waals surface area contributed by atoms with E-state index in [0.717, 1.165) is 27.3 Å². The molecule has 0 amide bonds. The van der Waals surface area contributed by atoms with E-state index in [1.54, 1.807) is 6.26 Å². The van der Waals surface area contributed by atoms with Gasteiger partial charge in [-0.15, -0.1) is 0 Å². The number of halogens is 1. The summed E-state index contributed by atoms with van der Waals surface area (Å²) in [6.45, 7) is 2.47. The molecule has 2 aromatic heterocycles. The summed E-state index contributed by atoms with van der Waals surface area (Å²) >= 11 is 3.44. The number of aryl methyl sites for hydroxylation is 1. The van der Waals surface area contributed by atoms with Crippen LogP contribution in [0.2, 0.25) is 0 Å². The number of benzene rings is 1. The molecule has 0 aliphatic heterocycles. The van der Waals surface area contributed by atoms with Gasteiger partial charge in [-0.2, -0.15) is 5.10 Å².